The molecule has 1 aromatic heterocycles. The second-order valence-electron chi connectivity index (χ2n) is 7.82. The number of nitrogens with zero attached hydrogens (tertiary/aromatic N) is 2. The molecule has 0 saturated carbocycles. The smallest absolute Gasteiger partial charge is 0.437 e. The first-order valence-electron chi connectivity index (χ1n) is 9.87. The summed E-state index contributed by atoms with van der Waals surface area (Å²) in [6, 6.07) is 15.3. The molecule has 0 unspecified atom stereocenters. The molecule has 3 rings (SSSR count). The molecule has 0 aliphatic carbocycles. The summed E-state index contributed by atoms with van der Waals surface area (Å²) >= 11 is 0. The fourth-order valence-corrected chi connectivity index (χ4v) is 2.92. The number of benzene rings is 2. The van der Waals surface area contributed by atoms with Crippen molar-refractivity contribution in [2.45, 2.75) is 52.2 Å². The Morgan fingerprint density at radius 1 is 1.07 bits per heavy atom. The number of aliphatic carboxylic acids is 1. The summed E-state index contributed by atoms with van der Waals surface area (Å²) < 4.78 is 12.1. The number of carboxylic acid groups (broad SMARTS) is 1. The van der Waals surface area contributed by atoms with Crippen molar-refractivity contribution < 1.29 is 19.1 Å². The van der Waals surface area contributed by atoms with Gasteiger partial charge in [0.25, 0.3) is 0 Å². The maximum Gasteiger partial charge on any atom is 0.437 e. The minimum Gasteiger partial charge on any atom is -0.478 e. The maximum absolute atomic E-state index is 12.0. The largest absolute Gasteiger partial charge is 0.478 e. The van der Waals surface area contributed by atoms with Gasteiger partial charge in [-0.3, -0.25) is 0 Å². The zero-order valence-corrected chi connectivity index (χ0v) is 17.4. The standard InChI is InChI=1S/C23H26N2O5/c1-16-7-9-18(10-8-16)15-25-22(28)29-20(24-25)6-4-5-17-11-13-19(14-12-17)30-23(2,3)21(26)27/h7-14H,4-6,15H2,1-3H3,(H,26,27). The highest BCUT2D eigenvalue weighted by molar-refractivity contribution is 5.76. The Kier molecular flexibility index (Phi) is 6.40. The third-order valence-corrected chi connectivity index (χ3v) is 4.77. The fraction of sp³-hybridized carbons (Fsp3) is 0.348. The van der Waals surface area contributed by atoms with E-state index in [1.54, 1.807) is 12.1 Å². The molecule has 0 atom stereocenters. The van der Waals surface area contributed by atoms with Crippen LogP contribution in [0.25, 0.3) is 0 Å². The summed E-state index contributed by atoms with van der Waals surface area (Å²) in [5, 5.41) is 13.4. The lowest BCUT2D eigenvalue weighted by Crippen LogP contribution is -2.37. The van der Waals surface area contributed by atoms with Crippen molar-refractivity contribution in [2.75, 3.05) is 0 Å². The average molecular weight is 410 g/mol. The van der Waals surface area contributed by atoms with Gasteiger partial charge in [0.15, 0.2) is 5.60 Å². The van der Waals surface area contributed by atoms with Gasteiger partial charge in [-0.25, -0.2) is 9.59 Å². The highest BCUT2D eigenvalue weighted by atomic mass is 16.5. The van der Waals surface area contributed by atoms with Gasteiger partial charge in [0.2, 0.25) is 5.89 Å². The highest BCUT2D eigenvalue weighted by Gasteiger charge is 2.29. The van der Waals surface area contributed by atoms with Crippen molar-refractivity contribution in [3.05, 3.63) is 81.7 Å². The van der Waals surface area contributed by atoms with Gasteiger partial charge in [-0.15, -0.1) is 5.10 Å². The van der Waals surface area contributed by atoms with Crippen molar-refractivity contribution in [2.24, 2.45) is 0 Å². The SMILES string of the molecule is Cc1ccc(Cn2nc(CCCc3ccc(OC(C)(C)C(=O)O)cc3)oc2=O)cc1. The number of hydrogen-bond acceptors (Lipinski definition) is 5. The number of rotatable bonds is 9. The Morgan fingerprint density at radius 3 is 2.33 bits per heavy atom. The zero-order valence-electron chi connectivity index (χ0n) is 17.4. The van der Waals surface area contributed by atoms with Crippen LogP contribution in [0.4, 0.5) is 0 Å². The molecule has 2 aromatic carbocycles. The molecular weight excluding hydrogens is 384 g/mol. The molecule has 0 amide bonds. The van der Waals surface area contributed by atoms with Crippen LogP contribution < -0.4 is 10.5 Å². The monoisotopic (exact) mass is 410 g/mol. The molecule has 30 heavy (non-hydrogen) atoms. The van der Waals surface area contributed by atoms with Crippen LogP contribution in [-0.2, 0) is 24.2 Å². The molecule has 3 aromatic rings. The molecule has 7 nitrogen and oxygen atoms in total. The minimum absolute atomic E-state index is 0.386. The Bertz CT molecular complexity index is 1050. The minimum atomic E-state index is -1.28. The molecule has 0 aliphatic heterocycles. The third-order valence-electron chi connectivity index (χ3n) is 4.77. The normalized spacial score (nSPS) is 11.4. The van der Waals surface area contributed by atoms with E-state index in [1.165, 1.54) is 18.5 Å². The summed E-state index contributed by atoms with van der Waals surface area (Å²) in [5.74, 6) is -0.537. The van der Waals surface area contributed by atoms with Gasteiger partial charge in [-0.1, -0.05) is 42.0 Å². The van der Waals surface area contributed by atoms with E-state index in [0.717, 1.165) is 29.5 Å². The zero-order chi connectivity index (χ0) is 21.7. The third kappa shape index (κ3) is 5.59. The lowest BCUT2D eigenvalue weighted by Gasteiger charge is -2.21. The topological polar surface area (TPSA) is 94.6 Å². The number of aryl methyl sites for hydroxylation is 3. The predicted octanol–water partition coefficient (Wildman–Crippen LogP) is 3.61. The number of carboxylic acids is 1. The van der Waals surface area contributed by atoms with Crippen LogP contribution in [0.2, 0.25) is 0 Å². The van der Waals surface area contributed by atoms with E-state index >= 15 is 0 Å². The molecule has 0 saturated heterocycles. The van der Waals surface area contributed by atoms with Crippen LogP contribution in [0, 0.1) is 6.92 Å². The Hall–Kier alpha value is -3.35. The van der Waals surface area contributed by atoms with Crippen molar-refractivity contribution in [3.8, 4) is 5.75 Å². The number of ether oxygens (including phenoxy) is 1. The average Bonchev–Trinajstić information content (AvgIpc) is 3.04. The molecule has 7 heteroatoms. The van der Waals surface area contributed by atoms with E-state index in [2.05, 4.69) is 5.10 Å². The second kappa shape index (κ2) is 8.98. The van der Waals surface area contributed by atoms with Crippen LogP contribution in [-0.4, -0.2) is 26.5 Å². The van der Waals surface area contributed by atoms with Crippen molar-refractivity contribution in [3.63, 3.8) is 0 Å². The Morgan fingerprint density at radius 2 is 1.70 bits per heavy atom. The van der Waals surface area contributed by atoms with Gasteiger partial charge < -0.3 is 14.3 Å². The van der Waals surface area contributed by atoms with Crippen LogP contribution in [0.15, 0.2) is 57.7 Å². The van der Waals surface area contributed by atoms with E-state index in [1.807, 2.05) is 43.3 Å². The number of carbonyl (C=O) groups is 1. The summed E-state index contributed by atoms with van der Waals surface area (Å²) in [6.45, 7) is 5.42. The number of hydrogen-bond donors (Lipinski definition) is 1. The predicted molar refractivity (Wildman–Crippen MR) is 112 cm³/mol. The first kappa shape index (κ1) is 21.4. The summed E-state index contributed by atoms with van der Waals surface area (Å²) in [6.07, 6.45) is 2.10. The number of aromatic nitrogens is 2. The molecule has 158 valence electrons. The lowest BCUT2D eigenvalue weighted by atomic mass is 10.1. The van der Waals surface area contributed by atoms with Crippen LogP contribution >= 0.6 is 0 Å². The molecule has 0 bridgehead atoms. The van der Waals surface area contributed by atoms with Crippen molar-refractivity contribution in [1.29, 1.82) is 0 Å². The molecule has 0 radical (unpaired) electrons. The van der Waals surface area contributed by atoms with E-state index in [9.17, 15) is 9.59 Å². The fourth-order valence-electron chi connectivity index (χ4n) is 2.92. The quantitative estimate of drug-likeness (QED) is 0.579. The van der Waals surface area contributed by atoms with Crippen LogP contribution in [0.3, 0.4) is 0 Å². The van der Waals surface area contributed by atoms with Gasteiger partial charge in [-0.05, 0) is 56.9 Å². The van der Waals surface area contributed by atoms with Crippen LogP contribution in [0.5, 0.6) is 5.75 Å². The van der Waals surface area contributed by atoms with Crippen LogP contribution in [0.1, 0.15) is 42.8 Å². The molecule has 0 aliphatic rings. The summed E-state index contributed by atoms with van der Waals surface area (Å²) in [7, 11) is 0. The first-order valence-corrected chi connectivity index (χ1v) is 9.87. The Balaban J connectivity index is 1.52. The molecule has 1 heterocycles. The summed E-state index contributed by atoms with van der Waals surface area (Å²) in [4.78, 5) is 23.2. The summed E-state index contributed by atoms with van der Waals surface area (Å²) in [5.41, 5.74) is 1.96. The van der Waals surface area contributed by atoms with Gasteiger partial charge in [-0.2, -0.15) is 4.68 Å². The van der Waals surface area contributed by atoms with E-state index < -0.39 is 17.3 Å². The van der Waals surface area contributed by atoms with Crippen molar-refractivity contribution in [1.82, 2.24) is 9.78 Å². The molecular formula is C23H26N2O5. The highest BCUT2D eigenvalue weighted by Crippen LogP contribution is 2.20. The Labute approximate surface area is 174 Å². The van der Waals surface area contributed by atoms with E-state index in [4.69, 9.17) is 14.3 Å². The van der Waals surface area contributed by atoms with E-state index in [0.29, 0.717) is 24.6 Å². The van der Waals surface area contributed by atoms with Gasteiger partial charge in [0, 0.05) is 6.42 Å². The van der Waals surface area contributed by atoms with Gasteiger partial charge in [0.05, 0.1) is 6.54 Å². The molecule has 1 N–H and O–H groups in total. The molecule has 0 spiro atoms. The van der Waals surface area contributed by atoms with E-state index in [-0.39, 0.29) is 0 Å². The van der Waals surface area contributed by atoms with Gasteiger partial charge in [0.1, 0.15) is 5.75 Å². The molecule has 0 fully saturated rings. The van der Waals surface area contributed by atoms with Gasteiger partial charge >= 0.3 is 11.7 Å². The first-order chi connectivity index (χ1) is 14.2. The second-order valence-corrected chi connectivity index (χ2v) is 7.82. The maximum atomic E-state index is 12.0. The lowest BCUT2D eigenvalue weighted by molar-refractivity contribution is -0.152. The van der Waals surface area contributed by atoms with Crippen molar-refractivity contribution >= 4 is 5.97 Å².